The Bertz CT molecular complexity index is 387. The Hall–Kier alpha value is -0.830. The maximum absolute atomic E-state index is 5.78. The Morgan fingerprint density at radius 2 is 1.83 bits per heavy atom. The van der Waals surface area contributed by atoms with Crippen molar-refractivity contribution in [2.75, 3.05) is 11.4 Å². The molecule has 0 aromatic carbocycles. The van der Waals surface area contributed by atoms with Crippen LogP contribution in [0, 0.1) is 5.92 Å². The Kier molecular flexibility index (Phi) is 3.69. The molecule has 1 unspecified atom stereocenters. The number of rotatable bonds is 3. The third-order valence-electron chi connectivity index (χ3n) is 4.35. The molecule has 3 nitrogen and oxygen atoms in total. The second-order valence-electron chi connectivity index (χ2n) is 5.47. The summed E-state index contributed by atoms with van der Waals surface area (Å²) in [6.45, 7) is 1.11. The standard InChI is InChI=1S/C14H20ClN3/c15-8-11-9-16-14(17-10-11)18-7-3-6-13(18)12-4-1-2-5-12/h9-10,12-13H,1-8H2. The summed E-state index contributed by atoms with van der Waals surface area (Å²) in [4.78, 5) is 11.4. The molecule has 1 aromatic rings. The highest BCUT2D eigenvalue weighted by atomic mass is 35.5. The van der Waals surface area contributed by atoms with E-state index in [1.165, 1.54) is 38.5 Å². The molecular formula is C14H20ClN3. The van der Waals surface area contributed by atoms with Crippen molar-refractivity contribution >= 4 is 17.5 Å². The zero-order chi connectivity index (χ0) is 12.4. The van der Waals surface area contributed by atoms with Gasteiger partial charge >= 0.3 is 0 Å². The first kappa shape index (κ1) is 12.2. The number of halogens is 1. The summed E-state index contributed by atoms with van der Waals surface area (Å²) in [5, 5.41) is 0. The summed E-state index contributed by atoms with van der Waals surface area (Å²) in [7, 11) is 0. The third kappa shape index (κ3) is 2.33. The van der Waals surface area contributed by atoms with Crippen LogP contribution in [0.3, 0.4) is 0 Å². The van der Waals surface area contributed by atoms with E-state index in [1.54, 1.807) is 0 Å². The van der Waals surface area contributed by atoms with Gasteiger partial charge < -0.3 is 4.90 Å². The average molecular weight is 266 g/mol. The first-order valence-electron chi connectivity index (χ1n) is 7.02. The molecule has 0 spiro atoms. The summed E-state index contributed by atoms with van der Waals surface area (Å²) < 4.78 is 0. The van der Waals surface area contributed by atoms with Crippen molar-refractivity contribution in [2.45, 2.75) is 50.4 Å². The third-order valence-corrected chi connectivity index (χ3v) is 4.65. The lowest BCUT2D eigenvalue weighted by molar-refractivity contribution is 0.427. The second-order valence-corrected chi connectivity index (χ2v) is 5.74. The van der Waals surface area contributed by atoms with Gasteiger partial charge in [0, 0.05) is 30.5 Å². The molecule has 18 heavy (non-hydrogen) atoms. The van der Waals surface area contributed by atoms with Crippen molar-refractivity contribution in [2.24, 2.45) is 5.92 Å². The zero-order valence-electron chi connectivity index (χ0n) is 10.7. The largest absolute Gasteiger partial charge is 0.338 e. The van der Waals surface area contributed by atoms with E-state index in [2.05, 4.69) is 14.9 Å². The molecule has 0 radical (unpaired) electrons. The number of nitrogens with zero attached hydrogens (tertiary/aromatic N) is 3. The normalized spacial score (nSPS) is 24.9. The molecule has 4 heteroatoms. The minimum atomic E-state index is 0.492. The fourth-order valence-corrected chi connectivity index (χ4v) is 3.58. The minimum absolute atomic E-state index is 0.492. The molecule has 1 aliphatic heterocycles. The monoisotopic (exact) mass is 265 g/mol. The van der Waals surface area contributed by atoms with Crippen LogP contribution in [-0.4, -0.2) is 22.6 Å². The maximum atomic E-state index is 5.78. The molecule has 1 aromatic heterocycles. The molecule has 0 amide bonds. The smallest absolute Gasteiger partial charge is 0.225 e. The lowest BCUT2D eigenvalue weighted by Gasteiger charge is -2.29. The topological polar surface area (TPSA) is 29.0 Å². The van der Waals surface area contributed by atoms with Crippen LogP contribution >= 0.6 is 11.6 Å². The van der Waals surface area contributed by atoms with E-state index in [4.69, 9.17) is 11.6 Å². The number of hydrogen-bond donors (Lipinski definition) is 0. The number of alkyl halides is 1. The first-order valence-corrected chi connectivity index (χ1v) is 7.55. The van der Waals surface area contributed by atoms with E-state index in [1.807, 2.05) is 12.4 Å². The highest BCUT2D eigenvalue weighted by Crippen LogP contribution is 2.36. The van der Waals surface area contributed by atoms with Gasteiger partial charge in [-0.2, -0.15) is 0 Å². The van der Waals surface area contributed by atoms with Crippen LogP contribution in [0.15, 0.2) is 12.4 Å². The van der Waals surface area contributed by atoms with Crippen molar-refractivity contribution in [1.29, 1.82) is 0 Å². The van der Waals surface area contributed by atoms with Crippen molar-refractivity contribution in [1.82, 2.24) is 9.97 Å². The molecule has 1 saturated carbocycles. The van der Waals surface area contributed by atoms with Crippen LogP contribution in [0.4, 0.5) is 5.95 Å². The van der Waals surface area contributed by atoms with Crippen LogP contribution in [0.1, 0.15) is 44.1 Å². The summed E-state index contributed by atoms with van der Waals surface area (Å²) in [6, 6.07) is 0.675. The highest BCUT2D eigenvalue weighted by Gasteiger charge is 2.34. The quantitative estimate of drug-likeness (QED) is 0.785. The molecule has 1 atom stereocenters. The van der Waals surface area contributed by atoms with E-state index in [9.17, 15) is 0 Å². The van der Waals surface area contributed by atoms with Gasteiger partial charge in [0.2, 0.25) is 5.95 Å². The molecule has 1 aliphatic carbocycles. The average Bonchev–Trinajstić information content (AvgIpc) is 3.09. The molecule has 2 fully saturated rings. The van der Waals surface area contributed by atoms with Crippen molar-refractivity contribution in [3.63, 3.8) is 0 Å². The molecule has 2 aliphatic rings. The van der Waals surface area contributed by atoms with Gasteiger partial charge in [-0.25, -0.2) is 9.97 Å². The fourth-order valence-electron chi connectivity index (χ4n) is 3.44. The van der Waals surface area contributed by atoms with E-state index < -0.39 is 0 Å². The summed E-state index contributed by atoms with van der Waals surface area (Å²) in [6.07, 6.45) is 11.9. The van der Waals surface area contributed by atoms with Crippen molar-refractivity contribution < 1.29 is 0 Å². The van der Waals surface area contributed by atoms with Gasteiger partial charge in [-0.3, -0.25) is 0 Å². The van der Waals surface area contributed by atoms with E-state index in [-0.39, 0.29) is 0 Å². The van der Waals surface area contributed by atoms with Gasteiger partial charge in [0.05, 0.1) is 5.88 Å². The number of hydrogen-bond acceptors (Lipinski definition) is 3. The van der Waals surface area contributed by atoms with Crippen LogP contribution in [0.25, 0.3) is 0 Å². The molecule has 98 valence electrons. The van der Waals surface area contributed by atoms with Gasteiger partial charge in [-0.1, -0.05) is 12.8 Å². The Morgan fingerprint density at radius 3 is 2.50 bits per heavy atom. The van der Waals surface area contributed by atoms with Crippen LogP contribution in [-0.2, 0) is 5.88 Å². The number of anilines is 1. The van der Waals surface area contributed by atoms with Gasteiger partial charge in [-0.15, -0.1) is 11.6 Å². The van der Waals surface area contributed by atoms with Gasteiger partial charge in [0.25, 0.3) is 0 Å². The Morgan fingerprint density at radius 1 is 1.11 bits per heavy atom. The lowest BCUT2D eigenvalue weighted by Crippen LogP contribution is -2.35. The summed E-state index contributed by atoms with van der Waals surface area (Å²) in [5.41, 5.74) is 0.997. The zero-order valence-corrected chi connectivity index (χ0v) is 11.4. The van der Waals surface area contributed by atoms with E-state index >= 15 is 0 Å². The highest BCUT2D eigenvalue weighted by molar-refractivity contribution is 6.17. The van der Waals surface area contributed by atoms with Crippen LogP contribution in [0.5, 0.6) is 0 Å². The molecule has 0 bridgehead atoms. The molecule has 3 rings (SSSR count). The molecule has 0 N–H and O–H groups in total. The van der Waals surface area contributed by atoms with Crippen LogP contribution in [0.2, 0.25) is 0 Å². The first-order chi connectivity index (χ1) is 8.88. The Balaban J connectivity index is 1.76. The van der Waals surface area contributed by atoms with Crippen molar-refractivity contribution in [3.05, 3.63) is 18.0 Å². The van der Waals surface area contributed by atoms with Gasteiger partial charge in [0.1, 0.15) is 0 Å². The fraction of sp³-hybridized carbons (Fsp3) is 0.714. The van der Waals surface area contributed by atoms with Gasteiger partial charge in [0.15, 0.2) is 0 Å². The molecule has 1 saturated heterocycles. The predicted octanol–water partition coefficient (Wildman–Crippen LogP) is 3.37. The van der Waals surface area contributed by atoms with E-state index in [0.717, 1.165) is 24.0 Å². The van der Waals surface area contributed by atoms with E-state index in [0.29, 0.717) is 11.9 Å². The molecule has 2 heterocycles. The molecular weight excluding hydrogens is 246 g/mol. The minimum Gasteiger partial charge on any atom is -0.338 e. The lowest BCUT2D eigenvalue weighted by atomic mass is 9.96. The summed E-state index contributed by atoms with van der Waals surface area (Å²) >= 11 is 5.78. The predicted molar refractivity (Wildman–Crippen MR) is 73.9 cm³/mol. The van der Waals surface area contributed by atoms with Crippen molar-refractivity contribution in [3.8, 4) is 0 Å². The SMILES string of the molecule is ClCc1cnc(N2CCCC2C2CCCC2)nc1. The summed E-state index contributed by atoms with van der Waals surface area (Å²) in [5.74, 6) is 2.26. The number of aromatic nitrogens is 2. The Labute approximate surface area is 114 Å². The van der Waals surface area contributed by atoms with Gasteiger partial charge in [-0.05, 0) is 31.6 Å². The van der Waals surface area contributed by atoms with Crippen LogP contribution < -0.4 is 4.90 Å². The maximum Gasteiger partial charge on any atom is 0.225 e. The second kappa shape index (κ2) is 5.43.